The zero-order chi connectivity index (χ0) is 23.6. The molecule has 0 heterocycles. The number of hydrogen-bond acceptors (Lipinski definition) is 3. The SMILES string of the molecule is CC.Cc1ccc(OC(=O)C(C)C)c([C@H](CCN(C(C)C)C(C)C)c2ccccc2)c1. The maximum atomic E-state index is 12.3. The number of nitrogens with zero attached hydrogens (tertiary/aromatic N) is 1. The van der Waals surface area contributed by atoms with Crippen LogP contribution in [0.15, 0.2) is 48.5 Å². The van der Waals surface area contributed by atoms with Crippen molar-refractivity contribution in [3.8, 4) is 5.75 Å². The van der Waals surface area contributed by atoms with Gasteiger partial charge >= 0.3 is 5.97 Å². The van der Waals surface area contributed by atoms with Crippen molar-refractivity contribution in [1.29, 1.82) is 0 Å². The second-order valence-corrected chi connectivity index (χ2v) is 8.79. The predicted molar refractivity (Wildman–Crippen MR) is 133 cm³/mol. The minimum atomic E-state index is -0.187. The average Bonchev–Trinajstić information content (AvgIpc) is 2.74. The molecule has 0 aliphatic carbocycles. The Kier molecular flexibility index (Phi) is 11.6. The summed E-state index contributed by atoms with van der Waals surface area (Å²) in [7, 11) is 0. The van der Waals surface area contributed by atoms with Gasteiger partial charge in [0.05, 0.1) is 5.92 Å². The average molecular weight is 426 g/mol. The smallest absolute Gasteiger partial charge is 0.313 e. The van der Waals surface area contributed by atoms with Crippen molar-refractivity contribution in [3.63, 3.8) is 0 Å². The second kappa shape index (κ2) is 13.3. The summed E-state index contributed by atoms with van der Waals surface area (Å²) >= 11 is 0. The highest BCUT2D eigenvalue weighted by Gasteiger charge is 2.23. The highest BCUT2D eigenvalue weighted by atomic mass is 16.5. The lowest BCUT2D eigenvalue weighted by Gasteiger charge is -2.32. The zero-order valence-electron chi connectivity index (χ0n) is 21.1. The summed E-state index contributed by atoms with van der Waals surface area (Å²) in [6.45, 7) is 19.8. The van der Waals surface area contributed by atoms with Crippen molar-refractivity contribution in [2.45, 2.75) is 86.7 Å². The molecule has 2 aromatic carbocycles. The summed E-state index contributed by atoms with van der Waals surface area (Å²) in [5, 5.41) is 0. The Labute approximate surface area is 190 Å². The molecule has 0 unspecified atom stereocenters. The van der Waals surface area contributed by atoms with E-state index in [2.05, 4.69) is 69.9 Å². The molecular formula is C28H43NO2. The van der Waals surface area contributed by atoms with E-state index in [0.29, 0.717) is 17.8 Å². The molecule has 0 saturated carbocycles. The van der Waals surface area contributed by atoms with E-state index in [1.807, 2.05) is 45.9 Å². The predicted octanol–water partition coefficient (Wildman–Crippen LogP) is 7.22. The number of rotatable bonds is 9. The molecule has 3 nitrogen and oxygen atoms in total. The van der Waals surface area contributed by atoms with Gasteiger partial charge in [-0.2, -0.15) is 0 Å². The molecule has 0 fully saturated rings. The van der Waals surface area contributed by atoms with Gasteiger partial charge < -0.3 is 4.74 Å². The number of carbonyl (C=O) groups excluding carboxylic acids is 1. The Morgan fingerprint density at radius 2 is 1.48 bits per heavy atom. The van der Waals surface area contributed by atoms with Gasteiger partial charge in [-0.15, -0.1) is 0 Å². The lowest BCUT2D eigenvalue weighted by molar-refractivity contribution is -0.137. The first kappa shape index (κ1) is 26.9. The van der Waals surface area contributed by atoms with E-state index in [-0.39, 0.29) is 17.8 Å². The number of ether oxygens (including phenoxy) is 1. The topological polar surface area (TPSA) is 29.5 Å². The quantitative estimate of drug-likeness (QED) is 0.314. The molecule has 0 aliphatic heterocycles. The number of hydrogen-bond donors (Lipinski definition) is 0. The van der Waals surface area contributed by atoms with Gasteiger partial charge in [-0.3, -0.25) is 9.69 Å². The van der Waals surface area contributed by atoms with Crippen LogP contribution in [-0.4, -0.2) is 29.5 Å². The molecule has 2 rings (SSSR count). The molecule has 0 radical (unpaired) electrons. The first-order valence-corrected chi connectivity index (χ1v) is 11.8. The van der Waals surface area contributed by atoms with Gasteiger partial charge in [-0.25, -0.2) is 0 Å². The van der Waals surface area contributed by atoms with Gasteiger partial charge in [-0.05, 0) is 59.2 Å². The summed E-state index contributed by atoms with van der Waals surface area (Å²) in [6.07, 6.45) is 0.968. The molecule has 0 aromatic heterocycles. The van der Waals surface area contributed by atoms with Crippen LogP contribution in [0, 0.1) is 12.8 Å². The van der Waals surface area contributed by atoms with E-state index in [1.165, 1.54) is 11.1 Å². The van der Waals surface area contributed by atoms with E-state index in [1.54, 1.807) is 0 Å². The van der Waals surface area contributed by atoms with Crippen LogP contribution in [0.25, 0.3) is 0 Å². The first-order valence-electron chi connectivity index (χ1n) is 11.8. The van der Waals surface area contributed by atoms with E-state index < -0.39 is 0 Å². The van der Waals surface area contributed by atoms with Crippen LogP contribution in [0.2, 0.25) is 0 Å². The third-order valence-corrected chi connectivity index (χ3v) is 5.43. The molecular weight excluding hydrogens is 382 g/mol. The fourth-order valence-corrected chi connectivity index (χ4v) is 3.84. The number of carbonyl (C=O) groups is 1. The molecule has 2 aromatic rings. The highest BCUT2D eigenvalue weighted by Crippen LogP contribution is 2.36. The molecule has 172 valence electrons. The largest absolute Gasteiger partial charge is 0.426 e. The summed E-state index contributed by atoms with van der Waals surface area (Å²) in [5.74, 6) is 0.513. The lowest BCUT2D eigenvalue weighted by atomic mass is 9.86. The van der Waals surface area contributed by atoms with E-state index in [0.717, 1.165) is 18.5 Å². The molecule has 0 bridgehead atoms. The summed E-state index contributed by atoms with van der Waals surface area (Å²) < 4.78 is 5.81. The van der Waals surface area contributed by atoms with Gasteiger partial charge in [0, 0.05) is 23.6 Å². The van der Waals surface area contributed by atoms with Crippen LogP contribution in [-0.2, 0) is 4.79 Å². The number of esters is 1. The number of aryl methyl sites for hydroxylation is 1. The molecule has 3 heteroatoms. The maximum Gasteiger partial charge on any atom is 0.313 e. The standard InChI is InChI=1S/C26H37NO2.C2H6/c1-18(2)26(28)29-25-14-13-21(7)17-24(25)23(22-11-9-8-10-12-22)15-16-27(19(3)4)20(5)6;1-2/h8-14,17-20,23H,15-16H2,1-7H3;1-2H3/t23-;/m1./s1. The molecule has 1 atom stereocenters. The Bertz CT molecular complexity index is 773. The molecule has 0 N–H and O–H groups in total. The third-order valence-electron chi connectivity index (χ3n) is 5.43. The first-order chi connectivity index (χ1) is 14.7. The van der Waals surface area contributed by atoms with Crippen molar-refractivity contribution < 1.29 is 9.53 Å². The summed E-state index contributed by atoms with van der Waals surface area (Å²) in [6, 6.07) is 17.7. The molecule has 31 heavy (non-hydrogen) atoms. The summed E-state index contributed by atoms with van der Waals surface area (Å²) in [4.78, 5) is 14.8. The van der Waals surface area contributed by atoms with Crippen LogP contribution in [0.4, 0.5) is 0 Å². The van der Waals surface area contributed by atoms with Crippen molar-refractivity contribution >= 4 is 5.97 Å². The fourth-order valence-electron chi connectivity index (χ4n) is 3.84. The third kappa shape index (κ3) is 8.14. The Balaban J connectivity index is 0.00000233. The van der Waals surface area contributed by atoms with E-state index in [4.69, 9.17) is 4.74 Å². The zero-order valence-corrected chi connectivity index (χ0v) is 21.1. The highest BCUT2D eigenvalue weighted by molar-refractivity contribution is 5.75. The number of benzene rings is 2. The van der Waals surface area contributed by atoms with Crippen molar-refractivity contribution in [2.75, 3.05) is 6.54 Å². The van der Waals surface area contributed by atoms with Crippen LogP contribution in [0.1, 0.15) is 84.4 Å². The Morgan fingerprint density at radius 1 is 0.903 bits per heavy atom. The monoisotopic (exact) mass is 425 g/mol. The minimum absolute atomic E-state index is 0.156. The molecule has 0 amide bonds. The van der Waals surface area contributed by atoms with Gasteiger partial charge in [0.1, 0.15) is 5.75 Å². The molecule has 0 aliphatic rings. The Morgan fingerprint density at radius 3 is 2.00 bits per heavy atom. The fraction of sp³-hybridized carbons (Fsp3) is 0.536. The van der Waals surface area contributed by atoms with E-state index >= 15 is 0 Å². The van der Waals surface area contributed by atoms with Crippen LogP contribution in [0.3, 0.4) is 0 Å². The van der Waals surface area contributed by atoms with Gasteiger partial charge in [0.15, 0.2) is 0 Å². The molecule has 0 spiro atoms. The van der Waals surface area contributed by atoms with Gasteiger partial charge in [0.2, 0.25) is 0 Å². The Hall–Kier alpha value is -2.13. The maximum absolute atomic E-state index is 12.3. The van der Waals surface area contributed by atoms with Gasteiger partial charge in [-0.1, -0.05) is 75.7 Å². The van der Waals surface area contributed by atoms with Gasteiger partial charge in [0.25, 0.3) is 0 Å². The minimum Gasteiger partial charge on any atom is -0.426 e. The normalized spacial score (nSPS) is 12.2. The van der Waals surface area contributed by atoms with Crippen LogP contribution in [0.5, 0.6) is 5.75 Å². The summed E-state index contributed by atoms with van der Waals surface area (Å²) in [5.41, 5.74) is 3.53. The van der Waals surface area contributed by atoms with E-state index in [9.17, 15) is 4.79 Å². The molecule has 0 saturated heterocycles. The van der Waals surface area contributed by atoms with Crippen LogP contribution >= 0.6 is 0 Å². The van der Waals surface area contributed by atoms with Crippen molar-refractivity contribution in [2.24, 2.45) is 5.92 Å². The van der Waals surface area contributed by atoms with Crippen molar-refractivity contribution in [1.82, 2.24) is 4.90 Å². The van der Waals surface area contributed by atoms with Crippen LogP contribution < -0.4 is 4.74 Å². The second-order valence-electron chi connectivity index (χ2n) is 8.79. The lowest BCUT2D eigenvalue weighted by Crippen LogP contribution is -2.38. The van der Waals surface area contributed by atoms with Crippen molar-refractivity contribution in [3.05, 3.63) is 65.2 Å².